The topological polar surface area (TPSA) is 72.5 Å². The van der Waals surface area contributed by atoms with Gasteiger partial charge in [-0.15, -0.1) is 0 Å². The van der Waals surface area contributed by atoms with Gasteiger partial charge < -0.3 is 15.6 Å². The molecule has 0 aliphatic rings. The molecular formula is C12H17NO3. The maximum absolute atomic E-state index is 10.9. The Morgan fingerprint density at radius 3 is 2.50 bits per heavy atom. The second-order valence-corrected chi connectivity index (χ2v) is 3.54. The van der Waals surface area contributed by atoms with Crippen LogP contribution in [-0.4, -0.2) is 24.2 Å². The summed E-state index contributed by atoms with van der Waals surface area (Å²) in [5.41, 5.74) is 6.12. The number of rotatable bonds is 6. The van der Waals surface area contributed by atoms with Crippen molar-refractivity contribution < 1.29 is 14.6 Å². The van der Waals surface area contributed by atoms with Crippen molar-refractivity contribution in [3.05, 3.63) is 29.8 Å². The van der Waals surface area contributed by atoms with Crippen molar-refractivity contribution in [3.63, 3.8) is 0 Å². The minimum atomic E-state index is -0.898. The van der Waals surface area contributed by atoms with E-state index in [1.54, 1.807) is 24.3 Å². The fourth-order valence-electron chi connectivity index (χ4n) is 1.40. The van der Waals surface area contributed by atoms with Crippen LogP contribution in [0.25, 0.3) is 0 Å². The highest BCUT2D eigenvalue weighted by Crippen LogP contribution is 2.19. The number of aliphatic carboxylic acids is 1. The SMILES string of the molecule is CCCOc1ccc(C(CN)C(=O)O)cc1. The van der Waals surface area contributed by atoms with Gasteiger partial charge in [-0.25, -0.2) is 0 Å². The summed E-state index contributed by atoms with van der Waals surface area (Å²) in [6.07, 6.45) is 0.947. The van der Waals surface area contributed by atoms with Gasteiger partial charge in [0.2, 0.25) is 0 Å². The van der Waals surface area contributed by atoms with Crippen molar-refractivity contribution in [3.8, 4) is 5.75 Å². The van der Waals surface area contributed by atoms with Crippen LogP contribution < -0.4 is 10.5 Å². The van der Waals surface area contributed by atoms with Crippen molar-refractivity contribution >= 4 is 5.97 Å². The smallest absolute Gasteiger partial charge is 0.312 e. The third kappa shape index (κ3) is 3.24. The maximum Gasteiger partial charge on any atom is 0.312 e. The molecule has 0 fully saturated rings. The number of ether oxygens (including phenoxy) is 1. The van der Waals surface area contributed by atoms with Gasteiger partial charge in [-0.2, -0.15) is 0 Å². The second kappa shape index (κ2) is 6.12. The van der Waals surface area contributed by atoms with E-state index in [1.165, 1.54) is 0 Å². The number of hydrogen-bond donors (Lipinski definition) is 2. The number of carboxylic acids is 1. The highest BCUT2D eigenvalue weighted by molar-refractivity contribution is 5.76. The van der Waals surface area contributed by atoms with Gasteiger partial charge >= 0.3 is 5.97 Å². The Bertz CT molecular complexity index is 335. The predicted molar refractivity (Wildman–Crippen MR) is 61.7 cm³/mol. The molecular weight excluding hydrogens is 206 g/mol. The first-order valence-electron chi connectivity index (χ1n) is 5.34. The van der Waals surface area contributed by atoms with Crippen LogP contribution in [0.2, 0.25) is 0 Å². The quantitative estimate of drug-likeness (QED) is 0.768. The first-order chi connectivity index (χ1) is 7.69. The van der Waals surface area contributed by atoms with Crippen molar-refractivity contribution in [2.45, 2.75) is 19.3 Å². The summed E-state index contributed by atoms with van der Waals surface area (Å²) in [5, 5.41) is 8.93. The molecule has 1 aromatic carbocycles. The lowest BCUT2D eigenvalue weighted by molar-refractivity contribution is -0.138. The molecule has 4 nitrogen and oxygen atoms in total. The lowest BCUT2D eigenvalue weighted by Gasteiger charge is -2.11. The summed E-state index contributed by atoms with van der Waals surface area (Å²) in [6.45, 7) is 2.80. The Kier molecular flexibility index (Phi) is 4.79. The molecule has 0 aromatic heterocycles. The summed E-state index contributed by atoms with van der Waals surface area (Å²) < 4.78 is 5.41. The highest BCUT2D eigenvalue weighted by Gasteiger charge is 2.17. The molecule has 0 spiro atoms. The molecule has 0 aliphatic heterocycles. The van der Waals surface area contributed by atoms with E-state index in [2.05, 4.69) is 0 Å². The Morgan fingerprint density at radius 1 is 1.44 bits per heavy atom. The molecule has 3 N–H and O–H groups in total. The summed E-state index contributed by atoms with van der Waals surface area (Å²) >= 11 is 0. The summed E-state index contributed by atoms with van der Waals surface area (Å²) in [7, 11) is 0. The van der Waals surface area contributed by atoms with E-state index in [-0.39, 0.29) is 6.54 Å². The largest absolute Gasteiger partial charge is 0.494 e. The Hall–Kier alpha value is -1.55. The van der Waals surface area contributed by atoms with Gasteiger partial charge in [0.05, 0.1) is 12.5 Å². The number of carboxylic acid groups (broad SMARTS) is 1. The minimum absolute atomic E-state index is 0.102. The van der Waals surface area contributed by atoms with Gasteiger partial charge in [0, 0.05) is 6.54 Å². The monoisotopic (exact) mass is 223 g/mol. The zero-order chi connectivity index (χ0) is 12.0. The van der Waals surface area contributed by atoms with Crippen LogP contribution in [0, 0.1) is 0 Å². The van der Waals surface area contributed by atoms with E-state index in [0.717, 1.165) is 12.2 Å². The molecule has 1 aromatic rings. The van der Waals surface area contributed by atoms with E-state index in [0.29, 0.717) is 12.2 Å². The lowest BCUT2D eigenvalue weighted by atomic mass is 9.99. The first kappa shape index (κ1) is 12.5. The van der Waals surface area contributed by atoms with Crippen LogP contribution in [-0.2, 0) is 4.79 Å². The maximum atomic E-state index is 10.9. The Balaban J connectivity index is 2.73. The summed E-state index contributed by atoms with van der Waals surface area (Å²) in [4.78, 5) is 10.9. The standard InChI is InChI=1S/C12H17NO3/c1-2-7-16-10-5-3-9(4-6-10)11(8-13)12(14)15/h3-6,11H,2,7-8,13H2,1H3,(H,14,15). The van der Waals surface area contributed by atoms with Crippen molar-refractivity contribution in [1.82, 2.24) is 0 Å². The molecule has 0 heterocycles. The normalized spacial score (nSPS) is 12.1. The number of benzene rings is 1. The first-order valence-corrected chi connectivity index (χ1v) is 5.34. The fraction of sp³-hybridized carbons (Fsp3) is 0.417. The number of nitrogens with two attached hydrogens (primary N) is 1. The zero-order valence-corrected chi connectivity index (χ0v) is 9.35. The molecule has 16 heavy (non-hydrogen) atoms. The number of carbonyl (C=O) groups is 1. The van der Waals surface area contributed by atoms with E-state index in [1.807, 2.05) is 6.92 Å². The van der Waals surface area contributed by atoms with Crippen molar-refractivity contribution in [2.75, 3.05) is 13.2 Å². The molecule has 1 atom stereocenters. The molecule has 1 rings (SSSR count). The molecule has 1 unspecified atom stereocenters. The Morgan fingerprint density at radius 2 is 2.06 bits per heavy atom. The number of hydrogen-bond acceptors (Lipinski definition) is 3. The van der Waals surface area contributed by atoms with Gasteiger partial charge in [-0.3, -0.25) is 4.79 Å². The van der Waals surface area contributed by atoms with Crippen LogP contribution in [0.15, 0.2) is 24.3 Å². The molecule has 0 aliphatic carbocycles. The highest BCUT2D eigenvalue weighted by atomic mass is 16.5. The lowest BCUT2D eigenvalue weighted by Crippen LogP contribution is -2.20. The average Bonchev–Trinajstić information content (AvgIpc) is 2.28. The van der Waals surface area contributed by atoms with Gasteiger partial charge in [0.25, 0.3) is 0 Å². The minimum Gasteiger partial charge on any atom is -0.494 e. The molecule has 4 heteroatoms. The van der Waals surface area contributed by atoms with Crippen molar-refractivity contribution in [1.29, 1.82) is 0 Å². The van der Waals surface area contributed by atoms with E-state index in [9.17, 15) is 4.79 Å². The molecule has 0 bridgehead atoms. The van der Waals surface area contributed by atoms with Gasteiger partial charge in [0.15, 0.2) is 0 Å². The summed E-state index contributed by atoms with van der Waals surface area (Å²) in [6, 6.07) is 7.04. The summed E-state index contributed by atoms with van der Waals surface area (Å²) in [5.74, 6) is -0.781. The average molecular weight is 223 g/mol. The molecule has 0 saturated heterocycles. The zero-order valence-electron chi connectivity index (χ0n) is 9.35. The van der Waals surface area contributed by atoms with Gasteiger partial charge in [-0.1, -0.05) is 19.1 Å². The van der Waals surface area contributed by atoms with Gasteiger partial charge in [0.1, 0.15) is 5.75 Å². The molecule has 0 amide bonds. The van der Waals surface area contributed by atoms with E-state index in [4.69, 9.17) is 15.6 Å². The fourth-order valence-corrected chi connectivity index (χ4v) is 1.40. The van der Waals surface area contributed by atoms with Crippen LogP contribution >= 0.6 is 0 Å². The molecule has 0 saturated carbocycles. The Labute approximate surface area is 95.0 Å². The van der Waals surface area contributed by atoms with Gasteiger partial charge in [-0.05, 0) is 24.1 Å². The van der Waals surface area contributed by atoms with Crippen LogP contribution in [0.5, 0.6) is 5.75 Å². The van der Waals surface area contributed by atoms with Crippen LogP contribution in [0.3, 0.4) is 0 Å². The van der Waals surface area contributed by atoms with Crippen LogP contribution in [0.4, 0.5) is 0 Å². The van der Waals surface area contributed by atoms with Crippen LogP contribution in [0.1, 0.15) is 24.8 Å². The van der Waals surface area contributed by atoms with E-state index < -0.39 is 11.9 Å². The third-order valence-corrected chi connectivity index (χ3v) is 2.29. The molecule has 88 valence electrons. The predicted octanol–water partition coefficient (Wildman–Crippen LogP) is 1.60. The third-order valence-electron chi connectivity index (χ3n) is 2.29. The molecule has 0 radical (unpaired) electrons. The van der Waals surface area contributed by atoms with E-state index >= 15 is 0 Å². The second-order valence-electron chi connectivity index (χ2n) is 3.54. The van der Waals surface area contributed by atoms with Crippen molar-refractivity contribution in [2.24, 2.45) is 5.73 Å².